The van der Waals surface area contributed by atoms with Gasteiger partial charge in [0.15, 0.2) is 12.6 Å². The first kappa shape index (κ1) is 53.7. The number of carbonyl (C=O) groups excluding carboxylic acids is 1. The fourth-order valence-corrected chi connectivity index (χ4v) is 10.1. The summed E-state index contributed by atoms with van der Waals surface area (Å²) < 4.78 is 37.5. The van der Waals surface area contributed by atoms with Gasteiger partial charge >= 0.3 is 5.97 Å². The number of hydrogen-bond donors (Lipinski definition) is 5. The van der Waals surface area contributed by atoms with Crippen LogP contribution >= 0.6 is 11.3 Å². The van der Waals surface area contributed by atoms with Gasteiger partial charge < -0.3 is 63.7 Å². The van der Waals surface area contributed by atoms with Crippen molar-refractivity contribution >= 4 is 23.0 Å². The summed E-state index contributed by atoms with van der Waals surface area (Å²) in [7, 11) is 5.55. The molecule has 3 saturated heterocycles. The van der Waals surface area contributed by atoms with Gasteiger partial charge in [0.1, 0.15) is 35.5 Å². The highest BCUT2D eigenvalue weighted by molar-refractivity contribution is 7.09. The van der Waals surface area contributed by atoms with Crippen LogP contribution in [0.15, 0.2) is 16.7 Å². The molecule has 0 unspecified atom stereocenters. The number of nitrogens with zero attached hydrogens (tertiary/aromatic N) is 4. The lowest BCUT2D eigenvalue weighted by atomic mass is 9.73. The topological polar surface area (TPSA) is 215 Å². The summed E-state index contributed by atoms with van der Waals surface area (Å²) in [6.07, 6.45) is -6.67. The van der Waals surface area contributed by atoms with Crippen molar-refractivity contribution in [3.05, 3.63) is 16.6 Å². The van der Waals surface area contributed by atoms with Crippen LogP contribution in [0.1, 0.15) is 106 Å². The van der Waals surface area contributed by atoms with Crippen molar-refractivity contribution in [1.82, 2.24) is 14.8 Å². The molecule has 0 saturated carbocycles. The van der Waals surface area contributed by atoms with Gasteiger partial charge in [-0.1, -0.05) is 32.9 Å². The van der Waals surface area contributed by atoms with Gasteiger partial charge in [-0.2, -0.15) is 0 Å². The molecule has 5 N–H and O–H groups in total. The Balaban J connectivity index is 1.70. The molecule has 63 heavy (non-hydrogen) atoms. The fourth-order valence-electron chi connectivity index (χ4n) is 9.40. The van der Waals surface area contributed by atoms with Crippen LogP contribution in [0, 0.1) is 23.7 Å². The van der Waals surface area contributed by atoms with Crippen LogP contribution in [-0.2, 0) is 44.6 Å². The third kappa shape index (κ3) is 13.8. The number of cyclic esters (lactones) is 1. The number of methoxy groups -OCH3 is 1. The maximum absolute atomic E-state index is 14.4. The number of rotatable bonds is 15. The number of hydrogen-bond acceptors (Lipinski definition) is 18. The number of aliphatic hydroxyl groups is 5. The van der Waals surface area contributed by atoms with Crippen LogP contribution in [0.25, 0.3) is 0 Å². The van der Waals surface area contributed by atoms with Crippen LogP contribution in [0.2, 0.25) is 0 Å². The Morgan fingerprint density at radius 2 is 1.60 bits per heavy atom. The Bertz CT molecular complexity index is 1570. The summed E-state index contributed by atoms with van der Waals surface area (Å²) in [5, 5.41) is 66.6. The second-order valence-electron chi connectivity index (χ2n) is 19.3. The lowest BCUT2D eigenvalue weighted by Gasteiger charge is -2.48. The molecule has 0 spiro atoms. The normalized spacial score (nSPS) is 42.0. The first-order valence-corrected chi connectivity index (χ1v) is 23.6. The summed E-state index contributed by atoms with van der Waals surface area (Å²) in [4.78, 5) is 29.0. The van der Waals surface area contributed by atoms with E-state index in [1.807, 2.05) is 26.3 Å². The molecule has 0 aliphatic carbocycles. The molecule has 0 bridgehead atoms. The van der Waals surface area contributed by atoms with E-state index in [9.17, 15) is 30.3 Å². The largest absolute Gasteiger partial charge is 0.459 e. The van der Waals surface area contributed by atoms with Crippen LogP contribution in [0.3, 0.4) is 0 Å². The summed E-state index contributed by atoms with van der Waals surface area (Å²) in [6.45, 7) is 20.3. The van der Waals surface area contributed by atoms with E-state index < -0.39 is 102 Å². The Hall–Kier alpha value is -1.91. The Labute approximate surface area is 379 Å². The van der Waals surface area contributed by atoms with Gasteiger partial charge in [0, 0.05) is 62.5 Å². The molecule has 17 nitrogen and oxygen atoms in total. The SMILES string of the molecule is CC[C@H]1OC(=O)[C@H](C)[C@@H](O[C@H]2C[C@@](C)(OC)[C@H](O)[C@H](C)O2)[C@H](C)[C@H](O[C@@H]2O[C@H](C)CC[C@@H]2O)[C@](C)(O)C[C@@H](C)/C(=N\OCCN(C)CCN(C)Cc2nccs2)[C@H](C)[C@H](O)[C@]1(C)O. The highest BCUT2D eigenvalue weighted by atomic mass is 32.1. The number of ether oxygens (including phenoxy) is 6. The maximum atomic E-state index is 14.4. The van der Waals surface area contributed by atoms with Crippen LogP contribution in [0.4, 0.5) is 0 Å². The molecule has 3 aliphatic rings. The molecule has 3 fully saturated rings. The first-order valence-electron chi connectivity index (χ1n) is 22.8. The van der Waals surface area contributed by atoms with Gasteiger partial charge in [0.2, 0.25) is 0 Å². The minimum absolute atomic E-state index is 0.0146. The molecule has 17 atom stereocenters. The van der Waals surface area contributed by atoms with Crippen molar-refractivity contribution in [3.63, 3.8) is 0 Å². The quantitative estimate of drug-likeness (QED) is 0.0967. The zero-order valence-corrected chi connectivity index (χ0v) is 40.8. The van der Waals surface area contributed by atoms with Crippen molar-refractivity contribution < 1.29 is 63.6 Å². The van der Waals surface area contributed by atoms with Crippen LogP contribution in [0.5, 0.6) is 0 Å². The molecule has 364 valence electrons. The third-order valence-electron chi connectivity index (χ3n) is 13.6. The minimum atomic E-state index is -1.95. The highest BCUT2D eigenvalue weighted by Gasteiger charge is 2.53. The molecule has 3 aliphatic heterocycles. The number of aromatic nitrogens is 1. The van der Waals surface area contributed by atoms with Crippen molar-refractivity contribution in [1.29, 1.82) is 0 Å². The fraction of sp³-hybridized carbons (Fsp3) is 0.889. The van der Waals surface area contributed by atoms with Gasteiger partial charge in [0.25, 0.3) is 0 Å². The van der Waals surface area contributed by atoms with Crippen molar-refractivity contribution in [3.8, 4) is 0 Å². The van der Waals surface area contributed by atoms with Gasteiger partial charge in [-0.3, -0.25) is 9.69 Å². The molecular formula is C45H80N4O13S. The molecule has 0 radical (unpaired) electrons. The maximum Gasteiger partial charge on any atom is 0.311 e. The van der Waals surface area contributed by atoms with E-state index in [2.05, 4.69) is 27.0 Å². The first-order chi connectivity index (χ1) is 29.4. The summed E-state index contributed by atoms with van der Waals surface area (Å²) in [5.41, 5.74) is -4.34. The van der Waals surface area contributed by atoms with E-state index >= 15 is 0 Å². The van der Waals surface area contributed by atoms with E-state index in [0.717, 1.165) is 24.6 Å². The molecule has 1 aromatic heterocycles. The summed E-state index contributed by atoms with van der Waals surface area (Å²) >= 11 is 1.63. The second-order valence-corrected chi connectivity index (χ2v) is 20.3. The highest BCUT2D eigenvalue weighted by Crippen LogP contribution is 2.41. The summed E-state index contributed by atoms with van der Waals surface area (Å²) in [6, 6.07) is 0. The van der Waals surface area contributed by atoms with E-state index in [1.54, 1.807) is 66.0 Å². The lowest BCUT2D eigenvalue weighted by Crippen LogP contribution is -2.60. The van der Waals surface area contributed by atoms with Gasteiger partial charge in [-0.15, -0.1) is 11.3 Å². The Morgan fingerprint density at radius 1 is 0.921 bits per heavy atom. The minimum Gasteiger partial charge on any atom is -0.459 e. The van der Waals surface area contributed by atoms with Crippen molar-refractivity contribution in [2.45, 2.75) is 186 Å². The number of oxime groups is 1. The molecule has 0 amide bonds. The third-order valence-corrected chi connectivity index (χ3v) is 14.4. The molecule has 1 aromatic rings. The number of thiazole rings is 1. The number of carbonyl (C=O) groups is 1. The predicted molar refractivity (Wildman–Crippen MR) is 238 cm³/mol. The van der Waals surface area contributed by atoms with E-state index in [-0.39, 0.29) is 32.0 Å². The number of esters is 1. The van der Waals surface area contributed by atoms with Crippen molar-refractivity contribution in [2.24, 2.45) is 28.8 Å². The average Bonchev–Trinajstić information content (AvgIpc) is 3.74. The smallest absolute Gasteiger partial charge is 0.311 e. The monoisotopic (exact) mass is 917 g/mol. The molecule has 18 heteroatoms. The van der Waals surface area contributed by atoms with E-state index in [4.69, 9.17) is 33.3 Å². The Kier molecular flexibility index (Phi) is 19.8. The standard InChI is InChI=1S/C45H80N4O13S/c1-14-33-45(10,55)38(51)28(4)36(47-57-21-20-48(11)18-19-49(12)25-34-46-17-22-63-34)26(2)23-43(8,54)40(62-42-32(50)16-15-27(3)58-42)29(5)37(30(6)41(53)60-33)61-35-24-44(9,56-13)39(52)31(7)59-35/h17,22,26-33,35,37-40,42,50-52,54-55H,14-16,18-21,23-25H2,1-13H3/b47-36+/t26-,27-,28+,29+,30-,31+,32+,33-,35+,37+,38+,39-,40+,42+,43-,44-,45-/m1/s1. The zero-order valence-electron chi connectivity index (χ0n) is 40.0. The van der Waals surface area contributed by atoms with Crippen LogP contribution in [-0.4, -0.2) is 178 Å². The molecule has 4 heterocycles. The number of aliphatic hydroxyl groups excluding tert-OH is 3. The summed E-state index contributed by atoms with van der Waals surface area (Å²) in [5.74, 6) is -3.97. The molecule has 4 rings (SSSR count). The second kappa shape index (κ2) is 23.2. The van der Waals surface area contributed by atoms with Crippen molar-refractivity contribution in [2.75, 3.05) is 47.4 Å². The molecular weight excluding hydrogens is 837 g/mol. The lowest BCUT2D eigenvalue weighted by molar-refractivity contribution is -0.314. The zero-order chi connectivity index (χ0) is 47.0. The number of likely N-dealkylation sites (N-methyl/N-ethyl adjacent to an activating group) is 2. The van der Waals surface area contributed by atoms with Gasteiger partial charge in [-0.25, -0.2) is 4.98 Å². The Morgan fingerprint density at radius 3 is 2.24 bits per heavy atom. The molecule has 0 aromatic carbocycles. The van der Waals surface area contributed by atoms with Crippen LogP contribution < -0.4 is 0 Å². The van der Waals surface area contributed by atoms with E-state index in [1.165, 1.54) is 14.0 Å². The average molecular weight is 917 g/mol. The predicted octanol–water partition coefficient (Wildman–Crippen LogP) is 3.57. The van der Waals surface area contributed by atoms with E-state index in [0.29, 0.717) is 25.1 Å². The van der Waals surface area contributed by atoms with Gasteiger partial charge in [0.05, 0.1) is 59.9 Å². The van der Waals surface area contributed by atoms with Gasteiger partial charge in [-0.05, 0) is 81.3 Å².